The standard InChI is InChI=1S/C22H26FN5O/c1-15-8-18(10-24)26-11-19(15)28(20(25)29)14-21(2)12-22(13-21,27(3)4)16-6-5-7-17(23)9-16/h5-9,11H,12-14H2,1-4H3,(H2,25,29)/t21-,22-. The van der Waals surface area contributed by atoms with Crippen LogP contribution in [0.25, 0.3) is 0 Å². The zero-order valence-corrected chi connectivity index (χ0v) is 17.2. The molecule has 0 aliphatic heterocycles. The van der Waals surface area contributed by atoms with Crippen LogP contribution in [0, 0.1) is 29.5 Å². The first-order chi connectivity index (χ1) is 13.6. The van der Waals surface area contributed by atoms with Gasteiger partial charge >= 0.3 is 6.03 Å². The number of pyridine rings is 1. The summed E-state index contributed by atoms with van der Waals surface area (Å²) in [5, 5.41) is 9.02. The second-order valence-corrected chi connectivity index (χ2v) is 8.49. The molecule has 1 aromatic carbocycles. The number of nitriles is 1. The lowest BCUT2D eigenvalue weighted by molar-refractivity contribution is -0.0532. The van der Waals surface area contributed by atoms with Gasteiger partial charge in [0.1, 0.15) is 17.6 Å². The van der Waals surface area contributed by atoms with Gasteiger partial charge in [-0.2, -0.15) is 5.26 Å². The van der Waals surface area contributed by atoms with Crippen LogP contribution in [0.15, 0.2) is 36.5 Å². The Balaban J connectivity index is 1.87. The normalized spacial score (nSPS) is 23.3. The molecule has 0 atom stereocenters. The number of carbonyl (C=O) groups excluding carboxylic acids is 1. The van der Waals surface area contributed by atoms with E-state index in [-0.39, 0.29) is 16.8 Å². The zero-order valence-electron chi connectivity index (χ0n) is 17.2. The van der Waals surface area contributed by atoms with Gasteiger partial charge in [0.15, 0.2) is 0 Å². The number of aromatic nitrogens is 1. The predicted molar refractivity (Wildman–Crippen MR) is 110 cm³/mol. The van der Waals surface area contributed by atoms with E-state index in [4.69, 9.17) is 11.0 Å². The summed E-state index contributed by atoms with van der Waals surface area (Å²) in [5.74, 6) is -0.254. The molecule has 152 valence electrons. The minimum Gasteiger partial charge on any atom is -0.351 e. The Hall–Kier alpha value is -2.98. The Morgan fingerprint density at radius 3 is 2.55 bits per heavy atom. The summed E-state index contributed by atoms with van der Waals surface area (Å²) in [4.78, 5) is 20.0. The zero-order chi connectivity index (χ0) is 21.4. The van der Waals surface area contributed by atoms with Crippen LogP contribution >= 0.6 is 0 Å². The molecule has 1 aliphatic rings. The van der Waals surface area contributed by atoms with Crippen molar-refractivity contribution in [3.8, 4) is 6.07 Å². The molecule has 0 saturated heterocycles. The van der Waals surface area contributed by atoms with E-state index in [1.54, 1.807) is 18.2 Å². The van der Waals surface area contributed by atoms with E-state index in [9.17, 15) is 9.18 Å². The molecule has 2 N–H and O–H groups in total. The first-order valence-corrected chi connectivity index (χ1v) is 9.47. The number of urea groups is 1. The van der Waals surface area contributed by atoms with Gasteiger partial charge in [-0.15, -0.1) is 0 Å². The lowest BCUT2D eigenvalue weighted by Gasteiger charge is -2.59. The Morgan fingerprint density at radius 1 is 1.34 bits per heavy atom. The van der Waals surface area contributed by atoms with Crippen molar-refractivity contribution >= 4 is 11.7 Å². The monoisotopic (exact) mass is 395 g/mol. The smallest absolute Gasteiger partial charge is 0.319 e. The van der Waals surface area contributed by atoms with E-state index in [1.165, 1.54) is 17.2 Å². The van der Waals surface area contributed by atoms with E-state index in [2.05, 4.69) is 16.8 Å². The molecule has 1 aliphatic carbocycles. The van der Waals surface area contributed by atoms with Crippen LogP contribution in [0.1, 0.15) is 36.6 Å². The lowest BCUT2D eigenvalue weighted by atomic mass is 9.55. The molecule has 2 aromatic rings. The second kappa shape index (κ2) is 7.45. The molecule has 1 fully saturated rings. The quantitative estimate of drug-likeness (QED) is 0.839. The third-order valence-electron chi connectivity index (χ3n) is 5.95. The molecular formula is C22H26FN5O. The van der Waals surface area contributed by atoms with E-state index in [1.807, 2.05) is 33.2 Å². The molecule has 29 heavy (non-hydrogen) atoms. The van der Waals surface area contributed by atoms with Crippen LogP contribution < -0.4 is 10.6 Å². The summed E-state index contributed by atoms with van der Waals surface area (Å²) >= 11 is 0. The third-order valence-corrected chi connectivity index (χ3v) is 5.95. The number of rotatable bonds is 5. The molecule has 0 spiro atoms. The molecule has 3 rings (SSSR count). The van der Waals surface area contributed by atoms with Crippen molar-refractivity contribution < 1.29 is 9.18 Å². The highest BCUT2D eigenvalue weighted by Gasteiger charge is 2.55. The number of anilines is 1. The predicted octanol–water partition coefficient (Wildman–Crippen LogP) is 3.54. The number of carbonyl (C=O) groups is 1. The Bertz CT molecular complexity index is 975. The maximum Gasteiger partial charge on any atom is 0.319 e. The third kappa shape index (κ3) is 3.81. The number of primary amides is 1. The van der Waals surface area contributed by atoms with Crippen molar-refractivity contribution in [2.24, 2.45) is 11.1 Å². The molecule has 1 saturated carbocycles. The van der Waals surface area contributed by atoms with Crippen LogP contribution in [0.4, 0.5) is 14.9 Å². The van der Waals surface area contributed by atoms with Gasteiger partial charge in [0.05, 0.1) is 11.9 Å². The topological polar surface area (TPSA) is 86.2 Å². The van der Waals surface area contributed by atoms with Gasteiger partial charge in [-0.05, 0) is 68.6 Å². The molecule has 7 heteroatoms. The highest BCUT2D eigenvalue weighted by molar-refractivity contribution is 5.91. The highest BCUT2D eigenvalue weighted by atomic mass is 19.1. The van der Waals surface area contributed by atoms with Gasteiger partial charge in [0.25, 0.3) is 0 Å². The van der Waals surface area contributed by atoms with E-state index < -0.39 is 6.03 Å². The molecule has 0 bridgehead atoms. The van der Waals surface area contributed by atoms with Crippen molar-refractivity contribution in [1.29, 1.82) is 5.26 Å². The van der Waals surface area contributed by atoms with Crippen molar-refractivity contribution in [2.75, 3.05) is 25.5 Å². The fourth-order valence-electron chi connectivity index (χ4n) is 4.58. The Labute approximate surface area is 170 Å². The minimum atomic E-state index is -0.561. The van der Waals surface area contributed by atoms with Crippen molar-refractivity contribution in [2.45, 2.75) is 32.2 Å². The van der Waals surface area contributed by atoms with Crippen LogP contribution in [0.3, 0.4) is 0 Å². The summed E-state index contributed by atoms with van der Waals surface area (Å²) < 4.78 is 13.8. The molecule has 1 aromatic heterocycles. The van der Waals surface area contributed by atoms with Crippen molar-refractivity contribution in [3.05, 3.63) is 59.2 Å². The van der Waals surface area contributed by atoms with E-state index in [0.717, 1.165) is 24.0 Å². The van der Waals surface area contributed by atoms with Gasteiger partial charge in [-0.25, -0.2) is 14.2 Å². The number of halogens is 1. The highest BCUT2D eigenvalue weighted by Crippen LogP contribution is 2.57. The molecule has 6 nitrogen and oxygen atoms in total. The molecule has 1 heterocycles. The molecular weight excluding hydrogens is 369 g/mol. The van der Waals surface area contributed by atoms with Crippen molar-refractivity contribution in [3.63, 3.8) is 0 Å². The van der Waals surface area contributed by atoms with Crippen molar-refractivity contribution in [1.82, 2.24) is 9.88 Å². The van der Waals surface area contributed by atoms with Gasteiger partial charge in [-0.3, -0.25) is 9.80 Å². The van der Waals surface area contributed by atoms with Crippen LogP contribution in [-0.4, -0.2) is 36.6 Å². The number of hydrogen-bond acceptors (Lipinski definition) is 4. The first kappa shape index (κ1) is 20.7. The van der Waals surface area contributed by atoms with Crippen LogP contribution in [-0.2, 0) is 5.54 Å². The summed E-state index contributed by atoms with van der Waals surface area (Å²) in [6.45, 7) is 4.35. The summed E-state index contributed by atoms with van der Waals surface area (Å²) in [6, 6.07) is 9.79. The largest absolute Gasteiger partial charge is 0.351 e. The number of nitrogens with two attached hydrogens (primary N) is 1. The first-order valence-electron chi connectivity index (χ1n) is 9.47. The number of benzene rings is 1. The maximum atomic E-state index is 13.8. The van der Waals surface area contributed by atoms with Gasteiger partial charge < -0.3 is 5.73 Å². The molecule has 0 unspecified atom stereocenters. The van der Waals surface area contributed by atoms with E-state index in [0.29, 0.717) is 17.9 Å². The fourth-order valence-corrected chi connectivity index (χ4v) is 4.58. The Morgan fingerprint density at radius 2 is 2.03 bits per heavy atom. The lowest BCUT2D eigenvalue weighted by Crippen LogP contribution is -2.60. The van der Waals surface area contributed by atoms with Gasteiger partial charge in [-0.1, -0.05) is 19.1 Å². The average Bonchev–Trinajstić information content (AvgIpc) is 2.63. The van der Waals surface area contributed by atoms with E-state index >= 15 is 0 Å². The molecule has 0 radical (unpaired) electrons. The molecule has 2 amide bonds. The fraction of sp³-hybridized carbons (Fsp3) is 0.409. The summed E-state index contributed by atoms with van der Waals surface area (Å²) in [7, 11) is 3.98. The van der Waals surface area contributed by atoms with Crippen LogP contribution in [0.2, 0.25) is 0 Å². The number of amides is 2. The SMILES string of the molecule is Cc1cc(C#N)ncc1N(C[C@]1(C)C[C@@](c2cccc(F)c2)(N(C)C)C1)C(N)=O. The van der Waals surface area contributed by atoms with Gasteiger partial charge in [0.2, 0.25) is 0 Å². The van der Waals surface area contributed by atoms with Gasteiger partial charge in [0, 0.05) is 12.1 Å². The van der Waals surface area contributed by atoms with Crippen LogP contribution in [0.5, 0.6) is 0 Å². The number of aryl methyl sites for hydroxylation is 1. The summed E-state index contributed by atoms with van der Waals surface area (Å²) in [5.41, 5.74) is 7.79. The number of hydrogen-bond donors (Lipinski definition) is 1. The second-order valence-electron chi connectivity index (χ2n) is 8.49. The Kier molecular flexibility index (Phi) is 5.33. The maximum absolute atomic E-state index is 13.8. The average molecular weight is 395 g/mol. The minimum absolute atomic E-state index is 0.202. The summed E-state index contributed by atoms with van der Waals surface area (Å²) in [6.07, 6.45) is 3.03. The number of nitrogens with zero attached hydrogens (tertiary/aromatic N) is 4.